The molecule has 1 amide bonds. The van der Waals surface area contributed by atoms with E-state index in [1.165, 1.54) is 0 Å². The van der Waals surface area contributed by atoms with Crippen molar-refractivity contribution in [1.29, 1.82) is 0 Å². The summed E-state index contributed by atoms with van der Waals surface area (Å²) in [4.78, 5) is 10.2. The second-order valence-electron chi connectivity index (χ2n) is 2.00. The van der Waals surface area contributed by atoms with Gasteiger partial charge in [0.1, 0.15) is 0 Å². The molecule has 0 spiro atoms. The molecule has 0 saturated heterocycles. The van der Waals surface area contributed by atoms with Crippen molar-refractivity contribution >= 4 is 18.5 Å². The molecule has 0 atom stereocenters. The van der Waals surface area contributed by atoms with E-state index in [0.29, 0.717) is 6.42 Å². The minimum atomic E-state index is -0.200. The Morgan fingerprint density at radius 3 is 2.44 bits per heavy atom. The molecule has 2 nitrogen and oxygen atoms in total. The highest BCUT2D eigenvalue weighted by Gasteiger charge is 1.91. The molecule has 0 aliphatic rings. The summed E-state index contributed by atoms with van der Waals surface area (Å²) in [5.41, 5.74) is 4.92. The summed E-state index contributed by atoms with van der Waals surface area (Å²) in [6.07, 6.45) is 3.58. The Bertz CT molecular complexity index is 85.1. The van der Waals surface area contributed by atoms with Crippen LogP contribution in [0.15, 0.2) is 0 Å². The van der Waals surface area contributed by atoms with E-state index in [2.05, 4.69) is 12.6 Å². The molecule has 0 radical (unpaired) electrons. The predicted octanol–water partition coefficient (Wildman–Crippen LogP) is 0.962. The fourth-order valence-electron chi connectivity index (χ4n) is 0.588. The van der Waals surface area contributed by atoms with Gasteiger partial charge in [0.15, 0.2) is 0 Å². The summed E-state index contributed by atoms with van der Waals surface area (Å²) < 4.78 is 0. The summed E-state index contributed by atoms with van der Waals surface area (Å²) in [6.45, 7) is 0. The zero-order valence-electron chi connectivity index (χ0n) is 5.47. The lowest BCUT2D eigenvalue weighted by molar-refractivity contribution is -0.118. The molecule has 0 heterocycles. The maximum absolute atomic E-state index is 10.2. The SMILES string of the molecule is NC(=O)CCCCCS. The van der Waals surface area contributed by atoms with Crippen LogP contribution in [-0.2, 0) is 4.79 Å². The number of unbranched alkanes of at least 4 members (excludes halogenated alkanes) is 2. The first-order chi connectivity index (χ1) is 4.27. The van der Waals surface area contributed by atoms with Crippen molar-refractivity contribution in [2.75, 3.05) is 5.75 Å². The number of rotatable bonds is 5. The minimum absolute atomic E-state index is 0.200. The largest absolute Gasteiger partial charge is 0.370 e. The molecule has 0 fully saturated rings. The monoisotopic (exact) mass is 147 g/mol. The van der Waals surface area contributed by atoms with Gasteiger partial charge in [0.25, 0.3) is 0 Å². The van der Waals surface area contributed by atoms with E-state index in [0.717, 1.165) is 25.0 Å². The zero-order valence-corrected chi connectivity index (χ0v) is 6.36. The Morgan fingerprint density at radius 2 is 2.00 bits per heavy atom. The van der Waals surface area contributed by atoms with Crippen molar-refractivity contribution in [2.45, 2.75) is 25.7 Å². The second kappa shape index (κ2) is 5.95. The number of amides is 1. The Hall–Kier alpha value is -0.180. The third kappa shape index (κ3) is 7.82. The quantitative estimate of drug-likeness (QED) is 0.441. The summed E-state index contributed by atoms with van der Waals surface area (Å²) in [7, 11) is 0. The van der Waals surface area contributed by atoms with Gasteiger partial charge < -0.3 is 5.73 Å². The molecule has 0 rings (SSSR count). The molecule has 2 N–H and O–H groups in total. The van der Waals surface area contributed by atoms with Crippen molar-refractivity contribution in [2.24, 2.45) is 5.73 Å². The molecule has 0 aliphatic heterocycles. The number of primary amides is 1. The maximum atomic E-state index is 10.2. The van der Waals surface area contributed by atoms with Crippen molar-refractivity contribution < 1.29 is 4.79 Å². The van der Waals surface area contributed by atoms with Crippen LogP contribution in [0, 0.1) is 0 Å². The second-order valence-corrected chi connectivity index (χ2v) is 2.45. The van der Waals surface area contributed by atoms with Gasteiger partial charge >= 0.3 is 0 Å². The summed E-state index contributed by atoms with van der Waals surface area (Å²) in [6, 6.07) is 0. The van der Waals surface area contributed by atoms with Gasteiger partial charge in [-0.15, -0.1) is 0 Å². The van der Waals surface area contributed by atoms with E-state index in [-0.39, 0.29) is 5.91 Å². The van der Waals surface area contributed by atoms with Crippen molar-refractivity contribution in [1.82, 2.24) is 0 Å². The van der Waals surface area contributed by atoms with Gasteiger partial charge in [-0.25, -0.2) is 0 Å². The van der Waals surface area contributed by atoms with E-state index < -0.39 is 0 Å². The average molecular weight is 147 g/mol. The highest BCUT2D eigenvalue weighted by atomic mass is 32.1. The molecular formula is C6H13NOS. The van der Waals surface area contributed by atoms with Crippen LogP contribution < -0.4 is 5.73 Å². The van der Waals surface area contributed by atoms with Crippen LogP contribution in [0.25, 0.3) is 0 Å². The van der Waals surface area contributed by atoms with Crippen LogP contribution in [0.2, 0.25) is 0 Å². The molecule has 0 bridgehead atoms. The Kier molecular flexibility index (Phi) is 5.83. The van der Waals surface area contributed by atoms with E-state index >= 15 is 0 Å². The Labute approximate surface area is 61.2 Å². The first kappa shape index (κ1) is 8.82. The van der Waals surface area contributed by atoms with Gasteiger partial charge in [-0.1, -0.05) is 6.42 Å². The van der Waals surface area contributed by atoms with Crippen molar-refractivity contribution in [3.8, 4) is 0 Å². The lowest BCUT2D eigenvalue weighted by Gasteiger charge is -1.93. The Balaban J connectivity index is 2.83. The number of nitrogens with two attached hydrogens (primary N) is 1. The molecule has 3 heteroatoms. The third-order valence-electron chi connectivity index (χ3n) is 1.08. The molecule has 0 saturated carbocycles. The smallest absolute Gasteiger partial charge is 0.217 e. The van der Waals surface area contributed by atoms with E-state index in [1.807, 2.05) is 0 Å². The van der Waals surface area contributed by atoms with Crippen LogP contribution in [-0.4, -0.2) is 11.7 Å². The van der Waals surface area contributed by atoms with Gasteiger partial charge in [-0.2, -0.15) is 12.6 Å². The van der Waals surface area contributed by atoms with Crippen LogP contribution in [0.4, 0.5) is 0 Å². The average Bonchev–Trinajstić information content (AvgIpc) is 1.80. The van der Waals surface area contributed by atoms with Crippen molar-refractivity contribution in [3.05, 3.63) is 0 Å². The lowest BCUT2D eigenvalue weighted by atomic mass is 10.2. The molecule has 0 aliphatic carbocycles. The lowest BCUT2D eigenvalue weighted by Crippen LogP contribution is -2.09. The molecule has 0 aromatic heterocycles. The van der Waals surface area contributed by atoms with Gasteiger partial charge in [0.2, 0.25) is 5.91 Å². The molecule has 0 unspecified atom stereocenters. The number of carbonyl (C=O) groups is 1. The first-order valence-corrected chi connectivity index (χ1v) is 3.80. The van der Waals surface area contributed by atoms with Crippen LogP contribution in [0.1, 0.15) is 25.7 Å². The van der Waals surface area contributed by atoms with Crippen LogP contribution in [0.5, 0.6) is 0 Å². The fourth-order valence-corrected chi connectivity index (χ4v) is 0.811. The number of hydrogen-bond acceptors (Lipinski definition) is 2. The number of hydrogen-bond donors (Lipinski definition) is 2. The summed E-state index contributed by atoms with van der Waals surface area (Å²) in [5, 5.41) is 0. The predicted molar refractivity (Wildman–Crippen MR) is 41.5 cm³/mol. The van der Waals surface area contributed by atoms with Gasteiger partial charge in [-0.3, -0.25) is 4.79 Å². The highest BCUT2D eigenvalue weighted by molar-refractivity contribution is 7.80. The highest BCUT2D eigenvalue weighted by Crippen LogP contribution is 1.99. The zero-order chi connectivity index (χ0) is 7.11. The van der Waals surface area contributed by atoms with E-state index in [4.69, 9.17) is 5.73 Å². The van der Waals surface area contributed by atoms with Crippen molar-refractivity contribution in [3.63, 3.8) is 0 Å². The summed E-state index contributed by atoms with van der Waals surface area (Å²) >= 11 is 4.03. The summed E-state index contributed by atoms with van der Waals surface area (Å²) in [5.74, 6) is 0.702. The maximum Gasteiger partial charge on any atom is 0.217 e. The first-order valence-electron chi connectivity index (χ1n) is 3.16. The number of thiol groups is 1. The van der Waals surface area contributed by atoms with Gasteiger partial charge in [-0.05, 0) is 18.6 Å². The minimum Gasteiger partial charge on any atom is -0.370 e. The molecule has 0 aromatic carbocycles. The fraction of sp³-hybridized carbons (Fsp3) is 0.833. The Morgan fingerprint density at radius 1 is 1.33 bits per heavy atom. The van der Waals surface area contributed by atoms with Crippen LogP contribution in [0.3, 0.4) is 0 Å². The number of carbonyl (C=O) groups excluding carboxylic acids is 1. The van der Waals surface area contributed by atoms with E-state index in [1.54, 1.807) is 0 Å². The third-order valence-corrected chi connectivity index (χ3v) is 1.40. The topological polar surface area (TPSA) is 43.1 Å². The molecular weight excluding hydrogens is 134 g/mol. The molecule has 9 heavy (non-hydrogen) atoms. The van der Waals surface area contributed by atoms with E-state index in [9.17, 15) is 4.79 Å². The normalized spacial score (nSPS) is 9.44. The molecule has 54 valence electrons. The van der Waals surface area contributed by atoms with Gasteiger partial charge in [0.05, 0.1) is 0 Å². The molecule has 0 aromatic rings. The van der Waals surface area contributed by atoms with Crippen LogP contribution >= 0.6 is 12.6 Å². The van der Waals surface area contributed by atoms with Gasteiger partial charge in [0, 0.05) is 6.42 Å². The standard InChI is InChI=1S/C6H13NOS/c7-6(8)4-2-1-3-5-9/h9H,1-5H2,(H2,7,8).